The van der Waals surface area contributed by atoms with Gasteiger partial charge in [0, 0.05) is 111 Å². The van der Waals surface area contributed by atoms with Gasteiger partial charge in [0.25, 0.3) is 0 Å². The van der Waals surface area contributed by atoms with Crippen LogP contribution in [0.3, 0.4) is 0 Å². The van der Waals surface area contributed by atoms with E-state index in [0.29, 0.717) is 31.9 Å². The first kappa shape index (κ1) is 47.0. The van der Waals surface area contributed by atoms with Gasteiger partial charge in [-0.1, -0.05) is 23.7 Å². The number of aromatic nitrogens is 2. The molecule has 0 radical (unpaired) electrons. The molecule has 7 aromatic rings. The van der Waals surface area contributed by atoms with Crippen LogP contribution in [-0.2, 0) is 14.1 Å². The van der Waals surface area contributed by atoms with Crippen molar-refractivity contribution in [3.63, 3.8) is 0 Å². The van der Waals surface area contributed by atoms with Crippen LogP contribution in [0.25, 0.3) is 44.1 Å². The molecule has 9 rings (SSSR count). The van der Waals surface area contributed by atoms with Crippen molar-refractivity contribution >= 4 is 66.8 Å². The molecule has 0 amide bonds. The van der Waals surface area contributed by atoms with E-state index in [0.717, 1.165) is 22.7 Å². The van der Waals surface area contributed by atoms with Gasteiger partial charge >= 0.3 is 35.5 Å². The van der Waals surface area contributed by atoms with E-state index in [1.807, 2.05) is 0 Å². The van der Waals surface area contributed by atoms with E-state index in [4.69, 9.17) is 0 Å². The summed E-state index contributed by atoms with van der Waals surface area (Å²) in [6.45, 7) is 8.76. The Bertz CT molecular complexity index is 3280. The molecule has 16 heteroatoms. The third-order valence-electron chi connectivity index (χ3n) is 12.9. The highest BCUT2D eigenvalue weighted by atomic mass is 32.1. The van der Waals surface area contributed by atoms with Crippen LogP contribution in [0.5, 0.6) is 0 Å². The monoisotopic (exact) mass is 980 g/mol. The third-order valence-corrected chi connectivity index (χ3v) is 15.3. The largest absolute Gasteiger partial charge is 0.380 e. The Hall–Kier alpha value is -6.10. The Morgan fingerprint density at radius 2 is 0.691 bits per heavy atom. The Labute approximate surface area is 390 Å². The van der Waals surface area contributed by atoms with Gasteiger partial charge in [0.2, 0.25) is 0 Å². The van der Waals surface area contributed by atoms with Crippen molar-refractivity contribution in [2.75, 3.05) is 0 Å². The highest BCUT2D eigenvalue weighted by Gasteiger charge is 2.82. The summed E-state index contributed by atoms with van der Waals surface area (Å²) in [6, 6.07) is 18.5. The van der Waals surface area contributed by atoms with Crippen LogP contribution in [0.1, 0.15) is 75.4 Å². The van der Waals surface area contributed by atoms with E-state index < -0.39 is 69.0 Å². The number of halogens is 12. The number of aryl methyl sites for hydroxylation is 6. The Kier molecular flexibility index (Phi) is 10.5. The maximum Gasteiger partial charge on any atom is 0.380 e. The summed E-state index contributed by atoms with van der Waals surface area (Å²) < 4.78 is 190. The molecular weight excluding hydrogens is 945 g/mol. The first-order valence-electron chi connectivity index (χ1n) is 20.8. The molecule has 0 bridgehead atoms. The number of thiophene rings is 2. The maximum atomic E-state index is 15.9. The predicted octanol–water partition coefficient (Wildman–Crippen LogP) is 15.1. The number of benzene rings is 3. The van der Waals surface area contributed by atoms with Crippen molar-refractivity contribution < 1.29 is 52.7 Å². The number of rotatable bonds is 4. The second-order valence-corrected chi connectivity index (χ2v) is 19.8. The second kappa shape index (κ2) is 15.2. The van der Waals surface area contributed by atoms with Crippen LogP contribution in [0.2, 0.25) is 0 Å². The van der Waals surface area contributed by atoms with Crippen LogP contribution >= 0.6 is 22.7 Å². The molecule has 4 aromatic heterocycles. The average Bonchev–Trinajstić information content (AvgIpc) is 3.97. The predicted molar refractivity (Wildman–Crippen MR) is 245 cm³/mol. The first-order valence-corrected chi connectivity index (χ1v) is 22.5. The normalized spacial score (nSPS) is 18.6. The maximum absolute atomic E-state index is 15.9. The standard InChI is InChI=1S/C52H36F12N2S2/c1-25-21-27(3)67-45(25)43-41(47(53,54)51(61,62)49(43,57)58)39-29(5)65(7)37-19-17-33(23-35(37)39)15-13-31-9-11-32(12-10-31)14-16-34-18-20-38-36(24-34)40(30(6)66(38)8)42-44(46-26(2)22-28(4)68-46)50(59,60)52(63,64)48(42,55)56/h9-12,17-24H,1-8H3. The fourth-order valence-electron chi connectivity index (χ4n) is 9.36. The lowest BCUT2D eigenvalue weighted by Crippen LogP contribution is -2.48. The number of hydrogen-bond donors (Lipinski definition) is 0. The molecule has 2 aliphatic carbocycles. The van der Waals surface area contributed by atoms with Crippen LogP contribution in [0.4, 0.5) is 52.7 Å². The molecule has 0 saturated heterocycles. The summed E-state index contributed by atoms with van der Waals surface area (Å²) in [6.07, 6.45) is 0. The SMILES string of the molecule is Cc1cc(C)c(C2=C(c3c(C)n(C)c4ccc(C#Cc5ccc(C#Cc6ccc7c(c6)c(C6=C(c8sc(C)cc8C)C(F)(F)C(F)(F)C6(F)F)c(C)n7C)cc5)cc34)C(F)(F)C(F)(F)C2(F)F)s1. The average molecular weight is 981 g/mol. The van der Waals surface area contributed by atoms with Gasteiger partial charge in [0.05, 0.1) is 11.1 Å². The molecule has 0 atom stereocenters. The van der Waals surface area contributed by atoms with Crippen LogP contribution in [-0.4, -0.2) is 44.7 Å². The molecule has 3 aromatic carbocycles. The molecule has 0 aliphatic heterocycles. The van der Waals surface area contributed by atoms with Crippen molar-refractivity contribution in [1.82, 2.24) is 9.13 Å². The van der Waals surface area contributed by atoms with E-state index in [1.54, 1.807) is 62.4 Å². The van der Waals surface area contributed by atoms with Gasteiger partial charge in [-0.2, -0.15) is 52.7 Å². The van der Waals surface area contributed by atoms with Crippen LogP contribution < -0.4 is 0 Å². The minimum Gasteiger partial charge on any atom is -0.347 e. The molecule has 0 N–H and O–H groups in total. The van der Waals surface area contributed by atoms with Gasteiger partial charge in [-0.25, -0.2) is 0 Å². The minimum atomic E-state index is -5.72. The quantitative estimate of drug-likeness (QED) is 0.123. The number of nitrogens with zero attached hydrogens (tertiary/aromatic N) is 2. The van der Waals surface area contributed by atoms with Gasteiger partial charge in [0.1, 0.15) is 0 Å². The molecule has 2 nitrogen and oxygen atoms in total. The molecule has 4 heterocycles. The summed E-state index contributed by atoms with van der Waals surface area (Å²) in [7, 11) is 3.04. The summed E-state index contributed by atoms with van der Waals surface area (Å²) >= 11 is 1.48. The van der Waals surface area contributed by atoms with Crippen molar-refractivity contribution in [3.8, 4) is 23.7 Å². The van der Waals surface area contributed by atoms with E-state index in [2.05, 4.69) is 23.7 Å². The molecule has 350 valence electrons. The van der Waals surface area contributed by atoms with Crippen LogP contribution in [0.15, 0.2) is 72.8 Å². The highest BCUT2D eigenvalue weighted by Crippen LogP contribution is 2.68. The highest BCUT2D eigenvalue weighted by molar-refractivity contribution is 7.13. The van der Waals surface area contributed by atoms with E-state index in [-0.39, 0.29) is 54.2 Å². The molecule has 68 heavy (non-hydrogen) atoms. The van der Waals surface area contributed by atoms with Crippen molar-refractivity contribution in [3.05, 3.63) is 148 Å². The van der Waals surface area contributed by atoms with Crippen molar-refractivity contribution in [2.24, 2.45) is 14.1 Å². The van der Waals surface area contributed by atoms with Gasteiger partial charge in [-0.05, 0) is 125 Å². The third kappa shape index (κ3) is 6.42. The second-order valence-electron chi connectivity index (χ2n) is 17.3. The van der Waals surface area contributed by atoms with Crippen molar-refractivity contribution in [1.29, 1.82) is 0 Å². The molecule has 2 aliphatic rings. The smallest absolute Gasteiger partial charge is 0.347 e. The molecule has 0 saturated carbocycles. The van der Waals surface area contributed by atoms with Crippen LogP contribution in [0, 0.1) is 65.2 Å². The number of alkyl halides is 12. The number of allylic oxidation sites excluding steroid dienone is 4. The minimum absolute atomic E-state index is 0.0303. The lowest BCUT2D eigenvalue weighted by Gasteiger charge is -2.25. The molecular formula is C52H36F12N2S2. The summed E-state index contributed by atoms with van der Waals surface area (Å²) in [5, 5.41) is 0.0605. The summed E-state index contributed by atoms with van der Waals surface area (Å²) in [4.78, 5) is 0.285. The zero-order valence-corrected chi connectivity index (χ0v) is 38.8. The topological polar surface area (TPSA) is 9.86 Å². The fourth-order valence-corrected chi connectivity index (χ4v) is 11.6. The lowest BCUT2D eigenvalue weighted by molar-refractivity contribution is -0.254. The zero-order chi connectivity index (χ0) is 49.6. The summed E-state index contributed by atoms with van der Waals surface area (Å²) in [5.41, 5.74) is -3.92. The van der Waals surface area contributed by atoms with Gasteiger partial charge in [0.15, 0.2) is 0 Å². The van der Waals surface area contributed by atoms with Crippen molar-refractivity contribution in [2.45, 2.75) is 77.1 Å². The Morgan fingerprint density at radius 3 is 1.00 bits per heavy atom. The van der Waals surface area contributed by atoms with E-state index in [9.17, 15) is 0 Å². The van der Waals surface area contributed by atoms with E-state index in [1.165, 1.54) is 75.2 Å². The zero-order valence-electron chi connectivity index (χ0n) is 37.2. The van der Waals surface area contributed by atoms with E-state index >= 15 is 52.7 Å². The van der Waals surface area contributed by atoms with Gasteiger partial charge < -0.3 is 9.13 Å². The fraction of sp³-hybridized carbons (Fsp3) is 0.269. The molecule has 0 unspecified atom stereocenters. The first-order chi connectivity index (χ1) is 31.6. The van der Waals surface area contributed by atoms with Gasteiger partial charge in [-0.3, -0.25) is 0 Å². The number of hydrogen-bond acceptors (Lipinski definition) is 2. The Morgan fingerprint density at radius 1 is 0.397 bits per heavy atom. The summed E-state index contributed by atoms with van der Waals surface area (Å²) in [5.74, 6) is -20.6. The molecule has 0 spiro atoms. The molecule has 0 fully saturated rings. The Balaban J connectivity index is 1.07. The van der Waals surface area contributed by atoms with Gasteiger partial charge in [-0.15, -0.1) is 22.7 Å². The lowest BCUT2D eigenvalue weighted by atomic mass is 9.94. The number of fused-ring (bicyclic) bond motifs is 2.